The van der Waals surface area contributed by atoms with Gasteiger partial charge in [-0.05, 0) is 17.7 Å². The molecule has 0 bridgehead atoms. The number of hydrogen-bond acceptors (Lipinski definition) is 4. The molecule has 0 aliphatic carbocycles. The number of likely N-dealkylation sites (tertiary alicyclic amines) is 1. The molecule has 1 fully saturated rings. The Kier molecular flexibility index (Phi) is 5.24. The second kappa shape index (κ2) is 7.98. The number of fused-ring (bicyclic) bond motifs is 1. The van der Waals surface area contributed by atoms with E-state index in [1.165, 1.54) is 0 Å². The van der Waals surface area contributed by atoms with Gasteiger partial charge in [-0.3, -0.25) is 9.36 Å². The molecule has 1 atom stereocenters. The normalized spacial score (nSPS) is 17.5. The minimum Gasteiger partial charge on any atom is -0.382 e. The van der Waals surface area contributed by atoms with Crippen molar-refractivity contribution in [1.29, 1.82) is 0 Å². The van der Waals surface area contributed by atoms with Crippen LogP contribution in [0.25, 0.3) is 11.0 Å². The van der Waals surface area contributed by atoms with Gasteiger partial charge in [-0.25, -0.2) is 4.98 Å². The fourth-order valence-electron chi connectivity index (χ4n) is 3.42. The number of alkyl halides is 2. The van der Waals surface area contributed by atoms with Gasteiger partial charge in [-0.1, -0.05) is 47.6 Å². The first-order valence-corrected chi connectivity index (χ1v) is 9.31. The zero-order valence-electron chi connectivity index (χ0n) is 15.8. The Bertz CT molecular complexity index is 1050. The van der Waals surface area contributed by atoms with Gasteiger partial charge < -0.3 is 9.74 Å². The summed E-state index contributed by atoms with van der Waals surface area (Å²) in [6.07, 6.45) is -0.0800. The zero-order chi connectivity index (χ0) is 20.4. The van der Waals surface area contributed by atoms with Gasteiger partial charge in [0.2, 0.25) is 6.10 Å². The summed E-state index contributed by atoms with van der Waals surface area (Å²) in [7, 11) is 1.71. The average molecular weight is 398 g/mol. The predicted octanol–water partition coefficient (Wildman–Crippen LogP) is 3.63. The molecule has 3 aromatic rings. The second-order valence-electron chi connectivity index (χ2n) is 6.89. The monoisotopic (exact) mass is 398 g/mol. The minimum absolute atomic E-state index is 0.0415. The number of carbonyl (C=O) groups excluding carboxylic acids is 1. The quantitative estimate of drug-likeness (QED) is 0.471. The van der Waals surface area contributed by atoms with Gasteiger partial charge in [0.1, 0.15) is 5.82 Å². The highest BCUT2D eigenvalue weighted by atomic mass is 19.3. The van der Waals surface area contributed by atoms with Crippen molar-refractivity contribution < 1.29 is 18.4 Å². The standard InChI is InChI=1S/C21H20F2N4O2/c1-26-12-11-18(20(26)28)29-25-16(14-7-3-2-4-8-14)13-19-24-15-9-5-6-10-17(15)27(19)21(22)23/h2-10,18,21H,11-13H2,1H3. The number of oxime groups is 1. The fourth-order valence-corrected chi connectivity index (χ4v) is 3.42. The number of aromatic nitrogens is 2. The lowest BCUT2D eigenvalue weighted by Gasteiger charge is -2.12. The molecule has 2 aromatic carbocycles. The maximum Gasteiger partial charge on any atom is 0.320 e. The number of likely N-dealkylation sites (N-methyl/N-ethyl adjacent to an activating group) is 1. The first-order valence-electron chi connectivity index (χ1n) is 9.31. The van der Waals surface area contributed by atoms with E-state index in [9.17, 15) is 13.6 Å². The van der Waals surface area contributed by atoms with Crippen molar-refractivity contribution in [3.63, 3.8) is 0 Å². The highest BCUT2D eigenvalue weighted by molar-refractivity contribution is 6.01. The molecule has 1 aliphatic heterocycles. The van der Waals surface area contributed by atoms with Crippen LogP contribution in [0.5, 0.6) is 0 Å². The summed E-state index contributed by atoms with van der Waals surface area (Å²) in [5.74, 6) is 0.0447. The maximum absolute atomic E-state index is 13.8. The highest BCUT2D eigenvalue weighted by Gasteiger charge is 2.31. The minimum atomic E-state index is -2.74. The number of carbonyl (C=O) groups is 1. The van der Waals surface area contributed by atoms with Crippen LogP contribution in [0.1, 0.15) is 24.4 Å². The van der Waals surface area contributed by atoms with Gasteiger partial charge in [0.15, 0.2) is 0 Å². The van der Waals surface area contributed by atoms with Crippen molar-refractivity contribution in [2.45, 2.75) is 25.5 Å². The van der Waals surface area contributed by atoms with Crippen LogP contribution in [-0.2, 0) is 16.1 Å². The third-order valence-corrected chi connectivity index (χ3v) is 4.97. The van der Waals surface area contributed by atoms with Crippen LogP contribution >= 0.6 is 0 Å². The number of amides is 1. The summed E-state index contributed by atoms with van der Waals surface area (Å²) >= 11 is 0. The predicted molar refractivity (Wildman–Crippen MR) is 105 cm³/mol. The van der Waals surface area contributed by atoms with Crippen LogP contribution in [0.4, 0.5) is 8.78 Å². The Balaban J connectivity index is 1.69. The SMILES string of the molecule is CN1CCC(ON=C(Cc2nc3ccccc3n2C(F)F)c2ccccc2)C1=O. The summed E-state index contributed by atoms with van der Waals surface area (Å²) in [5, 5.41) is 4.20. The Labute approximate surface area is 166 Å². The number of nitrogens with zero attached hydrogens (tertiary/aromatic N) is 4. The van der Waals surface area contributed by atoms with E-state index in [0.717, 1.165) is 10.1 Å². The number of imidazole rings is 1. The van der Waals surface area contributed by atoms with E-state index in [2.05, 4.69) is 10.1 Å². The summed E-state index contributed by atoms with van der Waals surface area (Å²) < 4.78 is 28.4. The van der Waals surface area contributed by atoms with Crippen LogP contribution in [0, 0.1) is 0 Å². The molecule has 1 aliphatic rings. The van der Waals surface area contributed by atoms with Crippen molar-refractivity contribution in [1.82, 2.24) is 14.5 Å². The first-order chi connectivity index (χ1) is 14.0. The van der Waals surface area contributed by atoms with Gasteiger partial charge >= 0.3 is 6.55 Å². The Hall–Kier alpha value is -3.29. The molecule has 2 heterocycles. The van der Waals surface area contributed by atoms with E-state index in [1.807, 2.05) is 30.3 Å². The summed E-state index contributed by atoms with van der Waals surface area (Å²) in [4.78, 5) is 23.6. The van der Waals surface area contributed by atoms with Crippen LogP contribution in [0.2, 0.25) is 0 Å². The summed E-state index contributed by atoms with van der Waals surface area (Å²) in [6, 6.07) is 15.9. The van der Waals surface area contributed by atoms with E-state index in [1.54, 1.807) is 36.2 Å². The van der Waals surface area contributed by atoms with Crippen molar-refractivity contribution in [2.24, 2.45) is 5.16 Å². The fraction of sp³-hybridized carbons (Fsp3) is 0.286. The first kappa shape index (κ1) is 19.0. The topological polar surface area (TPSA) is 59.7 Å². The number of para-hydroxylation sites is 2. The average Bonchev–Trinajstić information content (AvgIpc) is 3.25. The van der Waals surface area contributed by atoms with E-state index < -0.39 is 12.7 Å². The van der Waals surface area contributed by atoms with Crippen LogP contribution in [0.3, 0.4) is 0 Å². The van der Waals surface area contributed by atoms with Crippen LogP contribution < -0.4 is 0 Å². The summed E-state index contributed by atoms with van der Waals surface area (Å²) in [5.41, 5.74) is 2.01. The second-order valence-corrected chi connectivity index (χ2v) is 6.89. The van der Waals surface area contributed by atoms with Crippen molar-refractivity contribution in [3.8, 4) is 0 Å². The molecule has 1 saturated heterocycles. The van der Waals surface area contributed by atoms with Crippen LogP contribution in [0.15, 0.2) is 59.8 Å². The smallest absolute Gasteiger partial charge is 0.320 e. The van der Waals surface area contributed by atoms with E-state index in [0.29, 0.717) is 29.7 Å². The number of benzene rings is 2. The van der Waals surface area contributed by atoms with Gasteiger partial charge in [-0.2, -0.15) is 8.78 Å². The summed E-state index contributed by atoms with van der Waals surface area (Å²) in [6.45, 7) is -2.14. The highest BCUT2D eigenvalue weighted by Crippen LogP contribution is 2.24. The molecular weight excluding hydrogens is 378 g/mol. The maximum atomic E-state index is 13.8. The molecule has 1 unspecified atom stereocenters. The third-order valence-electron chi connectivity index (χ3n) is 4.97. The molecule has 1 aromatic heterocycles. The lowest BCUT2D eigenvalue weighted by atomic mass is 10.1. The molecule has 1 amide bonds. The molecule has 6 nitrogen and oxygen atoms in total. The zero-order valence-corrected chi connectivity index (χ0v) is 15.8. The number of rotatable bonds is 6. The largest absolute Gasteiger partial charge is 0.382 e. The molecule has 0 radical (unpaired) electrons. The van der Waals surface area contributed by atoms with Crippen molar-refractivity contribution in [2.75, 3.05) is 13.6 Å². The van der Waals surface area contributed by atoms with Crippen molar-refractivity contribution in [3.05, 3.63) is 66.0 Å². The van der Waals surface area contributed by atoms with Gasteiger partial charge in [0, 0.05) is 20.0 Å². The molecule has 29 heavy (non-hydrogen) atoms. The molecular formula is C21H20F2N4O2. The van der Waals surface area contributed by atoms with E-state index >= 15 is 0 Å². The lowest BCUT2D eigenvalue weighted by Crippen LogP contribution is -2.26. The Morgan fingerprint density at radius 3 is 2.62 bits per heavy atom. The lowest BCUT2D eigenvalue weighted by molar-refractivity contribution is -0.136. The third kappa shape index (κ3) is 3.83. The van der Waals surface area contributed by atoms with E-state index in [4.69, 9.17) is 4.84 Å². The molecule has 0 saturated carbocycles. The molecule has 0 N–H and O–H groups in total. The van der Waals surface area contributed by atoms with Crippen LogP contribution in [-0.4, -0.2) is 45.8 Å². The Morgan fingerprint density at radius 1 is 1.21 bits per heavy atom. The molecule has 0 spiro atoms. The molecule has 8 heteroatoms. The van der Waals surface area contributed by atoms with Crippen molar-refractivity contribution >= 4 is 22.7 Å². The number of hydrogen-bond donors (Lipinski definition) is 0. The van der Waals surface area contributed by atoms with Gasteiger partial charge in [0.25, 0.3) is 5.91 Å². The van der Waals surface area contributed by atoms with Gasteiger partial charge in [-0.15, -0.1) is 0 Å². The number of halogens is 2. The molecule has 150 valence electrons. The van der Waals surface area contributed by atoms with Gasteiger partial charge in [0.05, 0.1) is 23.2 Å². The van der Waals surface area contributed by atoms with E-state index in [-0.39, 0.29) is 18.2 Å². The molecule has 4 rings (SSSR count). The Morgan fingerprint density at radius 2 is 1.93 bits per heavy atom.